The number of aliphatic hydroxyl groups excluding tert-OH is 1. The number of amides is 1. The minimum absolute atomic E-state index is 0.00338. The first-order valence-corrected chi connectivity index (χ1v) is 37.2. The van der Waals surface area contributed by atoms with Crippen molar-refractivity contribution in [1.82, 2.24) is 5.32 Å². The van der Waals surface area contributed by atoms with E-state index in [2.05, 4.69) is 31.3 Å². The fraction of sp³-hybridized carbons (Fsp3) is 0.930. The molecular weight excluding hydrogens is 1010 g/mol. The van der Waals surface area contributed by atoms with Crippen molar-refractivity contribution in [3.8, 4) is 0 Å². The van der Waals surface area contributed by atoms with Gasteiger partial charge in [-0.3, -0.25) is 9.36 Å². The largest absolute Gasteiger partial charge is 0.756 e. The molecule has 0 radical (unpaired) electrons. The van der Waals surface area contributed by atoms with Crippen molar-refractivity contribution in [2.45, 2.75) is 386 Å². The normalized spacial score (nSPS) is 13.7. The SMILES string of the molecule is CCCCCCCCCCCCCCCCCCCCCCCCC/C=C/CC/C=C/C(O)C(COP(=O)([O-])OCC[N+](C)(C)C)NC(=O)CCCCCCCCCCCCCCCCCCCCCCCCCCCCCCC. The maximum absolute atomic E-state index is 13.0. The minimum atomic E-state index is -4.61. The van der Waals surface area contributed by atoms with Crippen LogP contribution in [0.4, 0.5) is 0 Å². The molecule has 0 aromatic carbocycles. The Bertz CT molecular complexity index is 1350. The third-order valence-electron chi connectivity index (χ3n) is 16.7. The van der Waals surface area contributed by atoms with Gasteiger partial charge in [0, 0.05) is 6.42 Å². The van der Waals surface area contributed by atoms with Crippen LogP contribution in [-0.4, -0.2) is 68.5 Å². The molecule has 0 saturated heterocycles. The van der Waals surface area contributed by atoms with E-state index in [1.165, 1.54) is 315 Å². The first-order chi connectivity index (χ1) is 39.0. The number of hydrogen-bond donors (Lipinski definition) is 2. The third-order valence-corrected chi connectivity index (χ3v) is 17.6. The summed E-state index contributed by atoms with van der Waals surface area (Å²) in [6.45, 7) is 4.70. The average molecular weight is 1150 g/mol. The van der Waals surface area contributed by atoms with E-state index in [4.69, 9.17) is 9.05 Å². The Labute approximate surface area is 500 Å². The highest BCUT2D eigenvalue weighted by atomic mass is 31.2. The molecule has 3 unspecified atom stereocenters. The standard InChI is InChI=1S/C71H141N2O6P/c1-6-8-10-12-14-16-18-20-22-24-26-28-30-32-34-36-38-40-42-44-46-48-50-52-54-56-58-60-62-64-70(74)69(68-79-80(76,77)78-67-66-73(3,4)5)72-71(75)65-63-61-59-57-55-53-51-49-47-45-43-41-39-37-35-33-31-29-27-25-23-21-19-17-15-13-11-9-7-2/h54,56,62,64,69-70,74H,6-53,55,57-61,63,65-68H2,1-5H3,(H-,72,75,76,77)/b56-54+,64-62+. The van der Waals surface area contributed by atoms with Crippen molar-refractivity contribution in [2.75, 3.05) is 40.9 Å². The molecule has 476 valence electrons. The molecule has 0 rings (SSSR count). The number of quaternary nitrogens is 1. The van der Waals surface area contributed by atoms with Crippen molar-refractivity contribution in [3.05, 3.63) is 24.3 Å². The summed E-state index contributed by atoms with van der Waals surface area (Å²) in [5.74, 6) is -0.198. The van der Waals surface area contributed by atoms with Crippen LogP contribution < -0.4 is 10.2 Å². The van der Waals surface area contributed by atoms with E-state index >= 15 is 0 Å². The molecule has 3 atom stereocenters. The van der Waals surface area contributed by atoms with Crippen LogP contribution in [0.3, 0.4) is 0 Å². The van der Waals surface area contributed by atoms with Gasteiger partial charge in [-0.2, -0.15) is 0 Å². The first kappa shape index (κ1) is 79.0. The second kappa shape index (κ2) is 62.5. The summed E-state index contributed by atoms with van der Waals surface area (Å²) >= 11 is 0. The van der Waals surface area contributed by atoms with Crippen molar-refractivity contribution < 1.29 is 32.9 Å². The van der Waals surface area contributed by atoms with Crippen molar-refractivity contribution >= 4 is 13.7 Å². The summed E-state index contributed by atoms with van der Waals surface area (Å²) in [5.41, 5.74) is 0. The van der Waals surface area contributed by atoms with Crippen LogP contribution in [0, 0.1) is 0 Å². The number of hydrogen-bond acceptors (Lipinski definition) is 6. The summed E-state index contributed by atoms with van der Waals surface area (Å²) in [4.78, 5) is 25.6. The van der Waals surface area contributed by atoms with E-state index < -0.39 is 20.0 Å². The smallest absolute Gasteiger partial charge is 0.268 e. The number of allylic oxidation sites excluding steroid dienone is 3. The van der Waals surface area contributed by atoms with E-state index in [-0.39, 0.29) is 19.1 Å². The Morgan fingerprint density at radius 1 is 0.425 bits per heavy atom. The predicted molar refractivity (Wildman–Crippen MR) is 349 cm³/mol. The van der Waals surface area contributed by atoms with Gasteiger partial charge in [0.1, 0.15) is 13.2 Å². The van der Waals surface area contributed by atoms with Gasteiger partial charge in [0.2, 0.25) is 5.91 Å². The first-order valence-electron chi connectivity index (χ1n) is 35.7. The van der Waals surface area contributed by atoms with Gasteiger partial charge < -0.3 is 28.8 Å². The monoisotopic (exact) mass is 1150 g/mol. The maximum atomic E-state index is 13.0. The molecule has 0 fully saturated rings. The molecule has 0 spiro atoms. The molecule has 0 aliphatic heterocycles. The van der Waals surface area contributed by atoms with Gasteiger partial charge in [-0.15, -0.1) is 0 Å². The summed E-state index contributed by atoms with van der Waals surface area (Å²) in [7, 11) is 1.26. The van der Waals surface area contributed by atoms with Crippen molar-refractivity contribution in [3.63, 3.8) is 0 Å². The van der Waals surface area contributed by atoms with E-state index in [1.54, 1.807) is 6.08 Å². The molecule has 0 heterocycles. The van der Waals surface area contributed by atoms with Crippen LogP contribution in [0.2, 0.25) is 0 Å². The van der Waals surface area contributed by atoms with E-state index in [9.17, 15) is 19.4 Å². The zero-order valence-electron chi connectivity index (χ0n) is 54.6. The van der Waals surface area contributed by atoms with Gasteiger partial charge in [-0.1, -0.05) is 359 Å². The van der Waals surface area contributed by atoms with Gasteiger partial charge in [-0.05, 0) is 32.1 Å². The van der Waals surface area contributed by atoms with Gasteiger partial charge in [-0.25, -0.2) is 0 Å². The number of unbranched alkanes of at least 4 members (excludes halogenated alkanes) is 52. The molecule has 0 saturated carbocycles. The second-order valence-electron chi connectivity index (χ2n) is 25.9. The zero-order valence-corrected chi connectivity index (χ0v) is 55.5. The Hall–Kier alpha value is -1.02. The zero-order chi connectivity index (χ0) is 58.4. The van der Waals surface area contributed by atoms with E-state index in [0.29, 0.717) is 17.4 Å². The maximum Gasteiger partial charge on any atom is 0.268 e. The van der Waals surface area contributed by atoms with Gasteiger partial charge in [0.05, 0.1) is 39.9 Å². The number of carbonyl (C=O) groups excluding carboxylic acids is 1. The fourth-order valence-electron chi connectivity index (χ4n) is 11.1. The number of aliphatic hydroxyl groups is 1. The summed E-state index contributed by atoms with van der Waals surface area (Å²) < 4.78 is 23.5. The molecule has 1 amide bonds. The Kier molecular flexibility index (Phi) is 61.7. The van der Waals surface area contributed by atoms with Crippen LogP contribution in [0.25, 0.3) is 0 Å². The Morgan fingerprint density at radius 2 is 0.700 bits per heavy atom. The van der Waals surface area contributed by atoms with Crippen LogP contribution >= 0.6 is 7.82 Å². The molecule has 0 aliphatic rings. The summed E-state index contributed by atoms with van der Waals surface area (Å²) in [6.07, 6.45) is 81.7. The Balaban J connectivity index is 4.06. The number of rotatable bonds is 67. The topological polar surface area (TPSA) is 108 Å². The second-order valence-corrected chi connectivity index (χ2v) is 27.4. The van der Waals surface area contributed by atoms with E-state index in [0.717, 1.165) is 38.5 Å². The molecule has 2 N–H and O–H groups in total. The lowest BCUT2D eigenvalue weighted by molar-refractivity contribution is -0.870. The molecular formula is C71H141N2O6P. The number of phosphoric acid groups is 1. The number of phosphoric ester groups is 1. The predicted octanol–water partition coefficient (Wildman–Crippen LogP) is 22.0. The van der Waals surface area contributed by atoms with Gasteiger partial charge in [0.25, 0.3) is 7.82 Å². The number of carbonyl (C=O) groups is 1. The van der Waals surface area contributed by atoms with Crippen LogP contribution in [0.15, 0.2) is 24.3 Å². The van der Waals surface area contributed by atoms with Crippen LogP contribution in [0.5, 0.6) is 0 Å². The molecule has 9 heteroatoms. The van der Waals surface area contributed by atoms with Gasteiger partial charge >= 0.3 is 0 Å². The summed E-state index contributed by atoms with van der Waals surface area (Å²) in [5, 5.41) is 14.0. The lowest BCUT2D eigenvalue weighted by Gasteiger charge is -2.29. The van der Waals surface area contributed by atoms with Crippen LogP contribution in [-0.2, 0) is 18.4 Å². The quantitative estimate of drug-likeness (QED) is 0.0272. The lowest BCUT2D eigenvalue weighted by Crippen LogP contribution is -2.45. The molecule has 8 nitrogen and oxygen atoms in total. The number of likely N-dealkylation sites (N-methyl/N-ethyl adjacent to an activating group) is 1. The fourth-order valence-corrected chi connectivity index (χ4v) is 11.8. The summed E-state index contributed by atoms with van der Waals surface area (Å²) in [6, 6.07) is -0.902. The molecule has 0 aromatic rings. The molecule has 0 aromatic heterocycles. The highest BCUT2D eigenvalue weighted by Gasteiger charge is 2.23. The Morgan fingerprint density at radius 3 is 1.01 bits per heavy atom. The minimum Gasteiger partial charge on any atom is -0.756 e. The highest BCUT2D eigenvalue weighted by Crippen LogP contribution is 2.38. The molecule has 80 heavy (non-hydrogen) atoms. The van der Waals surface area contributed by atoms with Crippen LogP contribution in [0.1, 0.15) is 373 Å². The van der Waals surface area contributed by atoms with Crippen molar-refractivity contribution in [2.24, 2.45) is 0 Å². The van der Waals surface area contributed by atoms with Crippen molar-refractivity contribution in [1.29, 1.82) is 0 Å². The third kappa shape index (κ3) is 64.5. The van der Waals surface area contributed by atoms with E-state index in [1.807, 2.05) is 27.2 Å². The lowest BCUT2D eigenvalue weighted by atomic mass is 10.0. The number of nitrogens with zero attached hydrogens (tertiary/aromatic N) is 1. The average Bonchev–Trinajstić information content (AvgIpc) is 3.42. The highest BCUT2D eigenvalue weighted by molar-refractivity contribution is 7.45. The molecule has 0 aliphatic carbocycles. The molecule has 0 bridgehead atoms. The number of nitrogens with one attached hydrogen (secondary N) is 1. The van der Waals surface area contributed by atoms with Gasteiger partial charge in [0.15, 0.2) is 0 Å².